The van der Waals surface area contributed by atoms with E-state index in [2.05, 4.69) is 10.3 Å². The monoisotopic (exact) mass is 340 g/mol. The molecule has 1 aromatic carbocycles. The molecule has 25 heavy (non-hydrogen) atoms. The van der Waals surface area contributed by atoms with E-state index < -0.39 is 0 Å². The first-order valence-electron chi connectivity index (χ1n) is 8.49. The van der Waals surface area contributed by atoms with Crippen molar-refractivity contribution in [1.29, 1.82) is 0 Å². The van der Waals surface area contributed by atoms with Crippen LogP contribution in [-0.4, -0.2) is 29.2 Å². The van der Waals surface area contributed by atoms with Gasteiger partial charge in [0.2, 0.25) is 0 Å². The van der Waals surface area contributed by atoms with Crippen LogP contribution >= 0.6 is 0 Å². The molecule has 1 unspecified atom stereocenters. The highest BCUT2D eigenvalue weighted by atomic mass is 16.6. The molecule has 0 radical (unpaired) electrons. The van der Waals surface area contributed by atoms with Crippen LogP contribution in [0.15, 0.2) is 30.3 Å². The second-order valence-electron chi connectivity index (χ2n) is 6.51. The predicted octanol–water partition coefficient (Wildman–Crippen LogP) is 2.75. The normalized spacial score (nSPS) is 17.0. The number of carbonyl (C=O) groups is 1. The largest absolute Gasteiger partial charge is 0.505 e. The Morgan fingerprint density at radius 1 is 1.20 bits per heavy atom. The summed E-state index contributed by atoms with van der Waals surface area (Å²) in [5.74, 6) is 1.35. The first kappa shape index (κ1) is 15.7. The van der Waals surface area contributed by atoms with E-state index in [4.69, 9.17) is 9.47 Å². The van der Waals surface area contributed by atoms with E-state index in [0.29, 0.717) is 30.6 Å². The van der Waals surface area contributed by atoms with Crippen LogP contribution in [0, 0.1) is 12.8 Å². The number of nitrogens with zero attached hydrogens (tertiary/aromatic N) is 1. The van der Waals surface area contributed by atoms with Crippen molar-refractivity contribution in [2.24, 2.45) is 5.92 Å². The van der Waals surface area contributed by atoms with Gasteiger partial charge in [-0.2, -0.15) is 0 Å². The highest BCUT2D eigenvalue weighted by Crippen LogP contribution is 2.43. The number of benzene rings is 1. The van der Waals surface area contributed by atoms with Crippen molar-refractivity contribution in [3.63, 3.8) is 0 Å². The number of aromatic hydroxyl groups is 1. The van der Waals surface area contributed by atoms with Crippen molar-refractivity contribution in [3.8, 4) is 17.2 Å². The van der Waals surface area contributed by atoms with Crippen molar-refractivity contribution in [3.05, 3.63) is 47.3 Å². The molecule has 1 amide bonds. The van der Waals surface area contributed by atoms with Crippen molar-refractivity contribution >= 4 is 5.91 Å². The van der Waals surface area contributed by atoms with Gasteiger partial charge in [-0.3, -0.25) is 4.79 Å². The number of pyridine rings is 1. The predicted molar refractivity (Wildman–Crippen MR) is 91.0 cm³/mol. The minimum Gasteiger partial charge on any atom is -0.505 e. The van der Waals surface area contributed by atoms with Crippen LogP contribution in [-0.2, 0) is 0 Å². The summed E-state index contributed by atoms with van der Waals surface area (Å²) in [6, 6.07) is 8.80. The quantitative estimate of drug-likeness (QED) is 0.894. The molecule has 1 atom stereocenters. The summed E-state index contributed by atoms with van der Waals surface area (Å²) in [6.07, 6.45) is 2.12. The van der Waals surface area contributed by atoms with E-state index in [1.165, 1.54) is 6.07 Å². The minimum absolute atomic E-state index is 0.0585. The average molecular weight is 340 g/mol. The van der Waals surface area contributed by atoms with Gasteiger partial charge in [0.25, 0.3) is 5.91 Å². The minimum atomic E-state index is -0.368. The maximum absolute atomic E-state index is 12.6. The highest BCUT2D eigenvalue weighted by Gasteiger charge is 2.35. The molecule has 1 aliphatic heterocycles. The molecule has 1 fully saturated rings. The number of hydrogen-bond donors (Lipinski definition) is 2. The Bertz CT molecular complexity index is 817. The second-order valence-corrected chi connectivity index (χ2v) is 6.51. The highest BCUT2D eigenvalue weighted by molar-refractivity contribution is 5.95. The van der Waals surface area contributed by atoms with Gasteiger partial charge >= 0.3 is 0 Å². The van der Waals surface area contributed by atoms with Gasteiger partial charge in [-0.1, -0.05) is 6.07 Å². The second kappa shape index (κ2) is 6.27. The molecule has 2 aliphatic rings. The Hall–Kier alpha value is -2.76. The van der Waals surface area contributed by atoms with Crippen molar-refractivity contribution < 1.29 is 19.4 Å². The Kier molecular flexibility index (Phi) is 3.95. The van der Waals surface area contributed by atoms with Crippen LogP contribution in [0.2, 0.25) is 0 Å². The molecule has 1 aromatic heterocycles. The fraction of sp³-hybridized carbons (Fsp3) is 0.368. The summed E-state index contributed by atoms with van der Waals surface area (Å²) < 4.78 is 11.2. The number of ether oxygens (including phenoxy) is 2. The average Bonchev–Trinajstić information content (AvgIpc) is 3.46. The third-order valence-corrected chi connectivity index (χ3v) is 4.53. The molecule has 2 aromatic rings. The van der Waals surface area contributed by atoms with Gasteiger partial charge in [-0.25, -0.2) is 4.98 Å². The van der Waals surface area contributed by atoms with E-state index in [9.17, 15) is 9.90 Å². The number of aromatic nitrogens is 1. The van der Waals surface area contributed by atoms with E-state index >= 15 is 0 Å². The molecule has 1 aliphatic carbocycles. The Balaban J connectivity index is 1.60. The van der Waals surface area contributed by atoms with Crippen molar-refractivity contribution in [1.82, 2.24) is 10.3 Å². The molecule has 4 rings (SSSR count). The summed E-state index contributed by atoms with van der Waals surface area (Å²) in [6.45, 7) is 2.86. The van der Waals surface area contributed by atoms with Crippen molar-refractivity contribution in [2.75, 3.05) is 13.2 Å². The van der Waals surface area contributed by atoms with E-state index in [1.54, 1.807) is 13.0 Å². The SMILES string of the molecule is Cc1ccc(O)c(C(=O)NC(c2ccc3c(c2)OCCO3)C2CC2)n1. The number of carbonyl (C=O) groups excluding carboxylic acids is 1. The molecule has 2 heterocycles. The maximum Gasteiger partial charge on any atom is 0.274 e. The third-order valence-electron chi connectivity index (χ3n) is 4.53. The number of hydrogen-bond acceptors (Lipinski definition) is 5. The standard InChI is InChI=1S/C19H20N2O4/c1-11-2-6-14(22)18(20-11)19(23)21-17(12-3-4-12)13-5-7-15-16(10-13)25-9-8-24-15/h2,5-7,10,12,17,22H,3-4,8-9H2,1H3,(H,21,23). The van der Waals surface area contributed by atoms with Gasteiger partial charge in [-0.15, -0.1) is 0 Å². The molecule has 0 spiro atoms. The van der Waals surface area contributed by atoms with Crippen LogP contribution in [0.1, 0.15) is 40.6 Å². The molecule has 1 saturated carbocycles. The molecular formula is C19H20N2O4. The fourth-order valence-electron chi connectivity index (χ4n) is 3.08. The van der Waals surface area contributed by atoms with Gasteiger partial charge in [0.1, 0.15) is 19.0 Å². The first-order chi connectivity index (χ1) is 12.1. The fourth-order valence-corrected chi connectivity index (χ4v) is 3.08. The lowest BCUT2D eigenvalue weighted by atomic mass is 10.0. The maximum atomic E-state index is 12.6. The van der Waals surface area contributed by atoms with Crippen LogP contribution < -0.4 is 14.8 Å². The smallest absolute Gasteiger partial charge is 0.274 e. The molecule has 0 bridgehead atoms. The first-order valence-corrected chi connectivity index (χ1v) is 8.49. The summed E-state index contributed by atoms with van der Waals surface area (Å²) in [7, 11) is 0. The lowest BCUT2D eigenvalue weighted by Crippen LogP contribution is -2.31. The number of aryl methyl sites for hydroxylation is 1. The Morgan fingerprint density at radius 3 is 2.72 bits per heavy atom. The van der Waals surface area contributed by atoms with E-state index in [-0.39, 0.29) is 23.4 Å². The summed E-state index contributed by atoms with van der Waals surface area (Å²) >= 11 is 0. The summed E-state index contributed by atoms with van der Waals surface area (Å²) in [5.41, 5.74) is 1.72. The third kappa shape index (κ3) is 3.24. The summed E-state index contributed by atoms with van der Waals surface area (Å²) in [4.78, 5) is 16.8. The zero-order valence-electron chi connectivity index (χ0n) is 14.0. The van der Waals surface area contributed by atoms with Gasteiger partial charge < -0.3 is 19.9 Å². The lowest BCUT2D eigenvalue weighted by Gasteiger charge is -2.23. The number of rotatable bonds is 4. The van der Waals surface area contributed by atoms with Gasteiger partial charge in [-0.05, 0) is 55.5 Å². The molecule has 2 N–H and O–H groups in total. The molecule has 6 heteroatoms. The number of nitrogens with one attached hydrogen (secondary N) is 1. The molecule has 130 valence electrons. The van der Waals surface area contributed by atoms with Crippen LogP contribution in [0.5, 0.6) is 17.2 Å². The van der Waals surface area contributed by atoms with E-state index in [0.717, 1.165) is 24.2 Å². The topological polar surface area (TPSA) is 80.7 Å². The zero-order valence-corrected chi connectivity index (χ0v) is 14.0. The summed E-state index contributed by atoms with van der Waals surface area (Å²) in [5, 5.41) is 13.0. The van der Waals surface area contributed by atoms with Crippen LogP contribution in [0.3, 0.4) is 0 Å². The van der Waals surface area contributed by atoms with Gasteiger partial charge in [0.05, 0.1) is 6.04 Å². The van der Waals surface area contributed by atoms with Crippen LogP contribution in [0.4, 0.5) is 0 Å². The molecule has 0 saturated heterocycles. The number of amides is 1. The van der Waals surface area contributed by atoms with Crippen LogP contribution in [0.25, 0.3) is 0 Å². The Labute approximate surface area is 145 Å². The van der Waals surface area contributed by atoms with Gasteiger partial charge in [0, 0.05) is 5.69 Å². The lowest BCUT2D eigenvalue weighted by molar-refractivity contribution is 0.0923. The number of fused-ring (bicyclic) bond motifs is 1. The van der Waals surface area contributed by atoms with Gasteiger partial charge in [0.15, 0.2) is 17.2 Å². The van der Waals surface area contributed by atoms with E-state index in [1.807, 2.05) is 18.2 Å². The molecular weight excluding hydrogens is 320 g/mol. The van der Waals surface area contributed by atoms with Crippen molar-refractivity contribution in [2.45, 2.75) is 25.8 Å². The zero-order chi connectivity index (χ0) is 17.4. The molecule has 6 nitrogen and oxygen atoms in total. The Morgan fingerprint density at radius 2 is 1.96 bits per heavy atom.